The lowest BCUT2D eigenvalue weighted by atomic mass is 10.1. The highest BCUT2D eigenvalue weighted by molar-refractivity contribution is 5.86. The first kappa shape index (κ1) is 13.6. The number of hydrogen-bond acceptors (Lipinski definition) is 3. The Bertz CT molecular complexity index is 469. The van der Waals surface area contributed by atoms with Crippen molar-refractivity contribution in [3.8, 4) is 5.75 Å². The van der Waals surface area contributed by atoms with E-state index in [1.54, 1.807) is 0 Å². The van der Waals surface area contributed by atoms with Gasteiger partial charge in [-0.3, -0.25) is 4.79 Å². The number of benzene rings is 1. The van der Waals surface area contributed by atoms with E-state index in [2.05, 4.69) is 11.9 Å². The molecule has 2 rings (SSSR count). The highest BCUT2D eigenvalue weighted by Crippen LogP contribution is 2.26. The molecule has 1 heterocycles. The summed E-state index contributed by atoms with van der Waals surface area (Å²) in [5.41, 5.74) is 3.20. The third-order valence-electron chi connectivity index (χ3n) is 2.99. The smallest absolute Gasteiger partial charge is 0.243 e. The van der Waals surface area contributed by atoms with Crippen LogP contribution >= 0.6 is 0 Å². The minimum atomic E-state index is -0.165. The van der Waals surface area contributed by atoms with E-state index in [9.17, 15) is 4.79 Å². The summed E-state index contributed by atoms with van der Waals surface area (Å²) >= 11 is 0. The lowest BCUT2D eigenvalue weighted by Crippen LogP contribution is -2.20. The normalized spacial score (nSPS) is 16.8. The molecular formula is C15H19NO3. The Hall–Kier alpha value is -1.81. The summed E-state index contributed by atoms with van der Waals surface area (Å²) in [4.78, 5) is 11.1. The lowest BCUT2D eigenvalue weighted by Gasteiger charge is -2.13. The number of carbonyl (C=O) groups is 1. The van der Waals surface area contributed by atoms with E-state index in [4.69, 9.17) is 9.47 Å². The van der Waals surface area contributed by atoms with Crippen molar-refractivity contribution in [1.29, 1.82) is 0 Å². The van der Waals surface area contributed by atoms with Gasteiger partial charge in [0.25, 0.3) is 0 Å². The van der Waals surface area contributed by atoms with Gasteiger partial charge < -0.3 is 14.8 Å². The molecule has 1 aromatic carbocycles. The van der Waals surface area contributed by atoms with Crippen LogP contribution in [-0.4, -0.2) is 25.2 Å². The van der Waals surface area contributed by atoms with Crippen LogP contribution in [0.25, 0.3) is 0 Å². The second-order valence-electron chi connectivity index (χ2n) is 4.75. The van der Waals surface area contributed by atoms with Crippen molar-refractivity contribution in [3.05, 3.63) is 41.5 Å². The zero-order valence-corrected chi connectivity index (χ0v) is 11.4. The van der Waals surface area contributed by atoms with Crippen molar-refractivity contribution < 1.29 is 14.3 Å². The average molecular weight is 261 g/mol. The van der Waals surface area contributed by atoms with E-state index in [-0.39, 0.29) is 12.0 Å². The summed E-state index contributed by atoms with van der Waals surface area (Å²) in [7, 11) is 0. The van der Waals surface area contributed by atoms with Crippen molar-refractivity contribution in [2.45, 2.75) is 26.5 Å². The Kier molecular flexibility index (Phi) is 4.22. The topological polar surface area (TPSA) is 50.9 Å². The van der Waals surface area contributed by atoms with Crippen LogP contribution in [0.2, 0.25) is 0 Å². The summed E-state index contributed by atoms with van der Waals surface area (Å²) in [6.07, 6.45) is 1.53. The van der Waals surface area contributed by atoms with E-state index >= 15 is 0 Å². The molecule has 0 radical (unpaired) electrons. The first-order chi connectivity index (χ1) is 9.10. The third-order valence-corrected chi connectivity index (χ3v) is 2.99. The van der Waals surface area contributed by atoms with Crippen LogP contribution < -0.4 is 10.1 Å². The maximum Gasteiger partial charge on any atom is 0.243 e. The van der Waals surface area contributed by atoms with Crippen LogP contribution in [0.4, 0.5) is 0 Å². The molecule has 1 N–H and O–H groups in total. The van der Waals surface area contributed by atoms with Crippen molar-refractivity contribution in [3.63, 3.8) is 0 Å². The molecule has 1 aromatic rings. The molecule has 0 aliphatic carbocycles. The standard InChI is InChI=1S/C15H19NO3/c1-4-14(17)16-7-12-5-10(2)15(11(3)6-12)19-9-13-8-18-13/h4-6,13H,1,7-9H2,2-3H3,(H,16,17). The Labute approximate surface area is 113 Å². The number of carbonyl (C=O) groups excluding carboxylic acids is 1. The van der Waals surface area contributed by atoms with Crippen LogP contribution in [0.3, 0.4) is 0 Å². The molecule has 0 bridgehead atoms. The molecule has 102 valence electrons. The van der Waals surface area contributed by atoms with Gasteiger partial charge in [0.1, 0.15) is 18.5 Å². The molecular weight excluding hydrogens is 242 g/mol. The molecule has 1 amide bonds. The predicted molar refractivity (Wildman–Crippen MR) is 73.2 cm³/mol. The summed E-state index contributed by atoms with van der Waals surface area (Å²) in [5.74, 6) is 0.746. The zero-order valence-electron chi connectivity index (χ0n) is 11.4. The second kappa shape index (κ2) is 5.89. The van der Waals surface area contributed by atoms with Crippen molar-refractivity contribution in [1.82, 2.24) is 5.32 Å². The predicted octanol–water partition coefficient (Wildman–Crippen LogP) is 1.88. The van der Waals surface area contributed by atoms with Gasteiger partial charge in [0.2, 0.25) is 5.91 Å². The fourth-order valence-corrected chi connectivity index (χ4v) is 1.97. The fraction of sp³-hybridized carbons (Fsp3) is 0.400. The lowest BCUT2D eigenvalue weighted by molar-refractivity contribution is -0.116. The highest BCUT2D eigenvalue weighted by Gasteiger charge is 2.23. The van der Waals surface area contributed by atoms with Gasteiger partial charge in [-0.25, -0.2) is 0 Å². The molecule has 0 spiro atoms. The number of ether oxygens (including phenoxy) is 2. The van der Waals surface area contributed by atoms with Crippen molar-refractivity contribution in [2.75, 3.05) is 13.2 Å². The molecule has 1 aliphatic heterocycles. The summed E-state index contributed by atoms with van der Waals surface area (Å²) < 4.78 is 10.9. The SMILES string of the molecule is C=CC(=O)NCc1cc(C)c(OCC2CO2)c(C)c1. The van der Waals surface area contributed by atoms with E-state index in [0.29, 0.717) is 13.2 Å². The molecule has 19 heavy (non-hydrogen) atoms. The van der Waals surface area contributed by atoms with E-state index in [1.165, 1.54) is 6.08 Å². The fourth-order valence-electron chi connectivity index (χ4n) is 1.97. The molecule has 1 fully saturated rings. The maximum absolute atomic E-state index is 11.1. The van der Waals surface area contributed by atoms with Crippen LogP contribution in [0.15, 0.2) is 24.8 Å². The van der Waals surface area contributed by atoms with Gasteiger partial charge in [-0.1, -0.05) is 18.7 Å². The van der Waals surface area contributed by atoms with E-state index in [1.807, 2.05) is 26.0 Å². The number of epoxide rings is 1. The monoisotopic (exact) mass is 261 g/mol. The molecule has 1 saturated heterocycles. The zero-order chi connectivity index (χ0) is 13.8. The molecule has 1 unspecified atom stereocenters. The quantitative estimate of drug-likeness (QED) is 0.628. The van der Waals surface area contributed by atoms with E-state index < -0.39 is 0 Å². The van der Waals surface area contributed by atoms with Gasteiger partial charge in [-0.15, -0.1) is 0 Å². The number of hydrogen-bond donors (Lipinski definition) is 1. The van der Waals surface area contributed by atoms with Gasteiger partial charge in [0.15, 0.2) is 0 Å². The largest absolute Gasteiger partial charge is 0.490 e. The number of amides is 1. The Morgan fingerprint density at radius 3 is 2.68 bits per heavy atom. The highest BCUT2D eigenvalue weighted by atomic mass is 16.6. The minimum Gasteiger partial charge on any atom is -0.490 e. The van der Waals surface area contributed by atoms with Gasteiger partial charge >= 0.3 is 0 Å². The van der Waals surface area contributed by atoms with Crippen molar-refractivity contribution >= 4 is 5.91 Å². The number of aryl methyl sites for hydroxylation is 2. The third kappa shape index (κ3) is 3.83. The van der Waals surface area contributed by atoms with Crippen molar-refractivity contribution in [2.24, 2.45) is 0 Å². The molecule has 1 atom stereocenters. The molecule has 0 aromatic heterocycles. The Balaban J connectivity index is 2.02. The minimum absolute atomic E-state index is 0.165. The van der Waals surface area contributed by atoms with Gasteiger partial charge in [0, 0.05) is 6.54 Å². The second-order valence-corrected chi connectivity index (χ2v) is 4.75. The van der Waals surface area contributed by atoms with Crippen LogP contribution in [0, 0.1) is 13.8 Å². The molecule has 0 saturated carbocycles. The van der Waals surface area contributed by atoms with Gasteiger partial charge in [-0.2, -0.15) is 0 Å². The summed E-state index contributed by atoms with van der Waals surface area (Å²) in [5, 5.41) is 2.76. The van der Waals surface area contributed by atoms with Crippen LogP contribution in [-0.2, 0) is 16.1 Å². The Morgan fingerprint density at radius 1 is 1.53 bits per heavy atom. The van der Waals surface area contributed by atoms with Gasteiger partial charge in [0.05, 0.1) is 6.61 Å². The molecule has 4 heteroatoms. The molecule has 1 aliphatic rings. The number of rotatable bonds is 6. The maximum atomic E-state index is 11.1. The first-order valence-electron chi connectivity index (χ1n) is 6.35. The average Bonchev–Trinajstić information content (AvgIpc) is 3.19. The van der Waals surface area contributed by atoms with E-state index in [0.717, 1.165) is 29.0 Å². The first-order valence-corrected chi connectivity index (χ1v) is 6.35. The molecule has 4 nitrogen and oxygen atoms in total. The van der Waals surface area contributed by atoms with Gasteiger partial charge in [-0.05, 0) is 36.6 Å². The summed E-state index contributed by atoms with van der Waals surface area (Å²) in [6, 6.07) is 4.05. The number of nitrogens with one attached hydrogen (secondary N) is 1. The Morgan fingerprint density at radius 2 is 2.16 bits per heavy atom. The summed E-state index contributed by atoms with van der Waals surface area (Å²) in [6.45, 7) is 9.34. The van der Waals surface area contributed by atoms with Crippen LogP contribution in [0.1, 0.15) is 16.7 Å². The van der Waals surface area contributed by atoms with Crippen LogP contribution in [0.5, 0.6) is 5.75 Å².